The number of anilines is 2. The molecule has 0 radical (unpaired) electrons. The average Bonchev–Trinajstić information content (AvgIpc) is 2.75. The molecule has 0 spiro atoms. The second-order valence-electron chi connectivity index (χ2n) is 7.71. The van der Waals surface area contributed by atoms with Gasteiger partial charge in [0.2, 0.25) is 0 Å². The van der Waals surface area contributed by atoms with E-state index in [0.29, 0.717) is 15.6 Å². The van der Waals surface area contributed by atoms with Crippen LogP contribution in [0.25, 0.3) is 0 Å². The number of rotatable bonds is 4. The number of nitrogens with one attached hydrogen (secondary N) is 1. The van der Waals surface area contributed by atoms with Crippen LogP contribution in [-0.4, -0.2) is 11.9 Å². The third-order valence-corrected chi connectivity index (χ3v) is 6.27. The monoisotopic (exact) mass is 438 g/mol. The third kappa shape index (κ3) is 3.92. The van der Waals surface area contributed by atoms with Gasteiger partial charge in [0.15, 0.2) is 0 Å². The van der Waals surface area contributed by atoms with E-state index in [1.54, 1.807) is 18.2 Å². The first kappa shape index (κ1) is 20.8. The van der Waals surface area contributed by atoms with E-state index in [1.165, 1.54) is 0 Å². The lowest BCUT2D eigenvalue weighted by atomic mass is 9.80. The Hall–Kier alpha value is -2.49. The largest absolute Gasteiger partial charge is 0.378 e. The first-order valence-corrected chi connectivity index (χ1v) is 11.0. The zero-order valence-corrected chi connectivity index (χ0v) is 18.5. The van der Waals surface area contributed by atoms with Crippen molar-refractivity contribution in [2.24, 2.45) is 5.92 Å². The topological polar surface area (TPSA) is 32.3 Å². The van der Waals surface area contributed by atoms with Gasteiger partial charge in [-0.05, 0) is 48.4 Å². The van der Waals surface area contributed by atoms with Gasteiger partial charge in [-0.15, -0.1) is 0 Å². The molecular weight excluding hydrogens is 415 g/mol. The number of hydrogen-bond donors (Lipinski definition) is 1. The molecular formula is C25H24Cl2N2O. The highest BCUT2D eigenvalue weighted by molar-refractivity contribution is 6.35. The van der Waals surface area contributed by atoms with Crippen LogP contribution in [0.15, 0.2) is 72.8 Å². The minimum absolute atomic E-state index is 0.0337. The number of para-hydroxylation sites is 2. The molecule has 3 aromatic rings. The van der Waals surface area contributed by atoms with Crippen molar-refractivity contribution < 1.29 is 4.79 Å². The van der Waals surface area contributed by atoms with Gasteiger partial charge in [0.05, 0.1) is 6.04 Å². The van der Waals surface area contributed by atoms with Gasteiger partial charge >= 0.3 is 0 Å². The number of nitrogens with zero attached hydrogens (tertiary/aromatic N) is 1. The van der Waals surface area contributed by atoms with E-state index in [4.69, 9.17) is 23.2 Å². The predicted molar refractivity (Wildman–Crippen MR) is 126 cm³/mol. The molecule has 3 atom stereocenters. The maximum atomic E-state index is 13.6. The van der Waals surface area contributed by atoms with Crippen molar-refractivity contribution in [3.63, 3.8) is 0 Å². The van der Waals surface area contributed by atoms with Crippen molar-refractivity contribution >= 4 is 40.5 Å². The number of benzene rings is 3. The summed E-state index contributed by atoms with van der Waals surface area (Å²) in [5.41, 5.74) is 3.61. The first-order valence-electron chi connectivity index (χ1n) is 10.2. The smallest absolute Gasteiger partial charge is 0.258 e. The predicted octanol–water partition coefficient (Wildman–Crippen LogP) is 7.22. The van der Waals surface area contributed by atoms with Gasteiger partial charge in [-0.25, -0.2) is 0 Å². The summed E-state index contributed by atoms with van der Waals surface area (Å²) in [4.78, 5) is 15.6. The van der Waals surface area contributed by atoms with Crippen molar-refractivity contribution in [3.05, 3.63) is 94.0 Å². The standard InChI is InChI=1S/C25H24Cl2N2O/c1-3-22-16(2)24(28-20-9-5-4-6-10-20)21-11-7-8-12-23(21)29(22)25(30)17-13-18(26)15-19(27)14-17/h4-16,22,24,28H,3H2,1-2H3/t16-,22-,24+/m1/s1. The fourth-order valence-corrected chi connectivity index (χ4v) is 4.97. The molecule has 5 heteroatoms. The summed E-state index contributed by atoms with van der Waals surface area (Å²) in [6.45, 7) is 4.33. The summed E-state index contributed by atoms with van der Waals surface area (Å²) in [5.74, 6) is 0.118. The molecule has 3 aromatic carbocycles. The molecule has 0 unspecified atom stereocenters. The molecule has 1 heterocycles. The maximum Gasteiger partial charge on any atom is 0.258 e. The highest BCUT2D eigenvalue weighted by Crippen LogP contribution is 2.44. The summed E-state index contributed by atoms with van der Waals surface area (Å²) in [6.07, 6.45) is 0.836. The highest BCUT2D eigenvalue weighted by Gasteiger charge is 2.40. The van der Waals surface area contributed by atoms with Crippen LogP contribution in [0.2, 0.25) is 10.0 Å². The molecule has 0 saturated heterocycles. The van der Waals surface area contributed by atoms with Crippen LogP contribution < -0.4 is 10.2 Å². The number of carbonyl (C=O) groups excluding carboxylic acids is 1. The van der Waals surface area contributed by atoms with E-state index in [-0.39, 0.29) is 23.9 Å². The molecule has 3 nitrogen and oxygen atoms in total. The Kier molecular flexibility index (Phi) is 6.03. The second-order valence-corrected chi connectivity index (χ2v) is 8.59. The van der Waals surface area contributed by atoms with Crippen LogP contribution in [-0.2, 0) is 0 Å². The molecule has 1 aliphatic heterocycles. The molecule has 0 saturated carbocycles. The van der Waals surface area contributed by atoms with Crippen LogP contribution in [0.5, 0.6) is 0 Å². The van der Waals surface area contributed by atoms with Gasteiger partial charge in [0.25, 0.3) is 5.91 Å². The van der Waals surface area contributed by atoms with Gasteiger partial charge in [-0.1, -0.05) is 73.4 Å². The van der Waals surface area contributed by atoms with Crippen molar-refractivity contribution in [1.29, 1.82) is 0 Å². The fourth-order valence-electron chi connectivity index (χ4n) is 4.44. The van der Waals surface area contributed by atoms with Crippen molar-refractivity contribution in [2.45, 2.75) is 32.4 Å². The van der Waals surface area contributed by atoms with Crippen molar-refractivity contribution in [3.8, 4) is 0 Å². The lowest BCUT2D eigenvalue weighted by molar-refractivity contribution is 0.0960. The van der Waals surface area contributed by atoms with Crippen LogP contribution in [0.4, 0.5) is 11.4 Å². The molecule has 4 rings (SSSR count). The minimum Gasteiger partial charge on any atom is -0.378 e. The number of fused-ring (bicyclic) bond motifs is 1. The summed E-state index contributed by atoms with van der Waals surface area (Å²) in [5, 5.41) is 4.61. The average molecular weight is 439 g/mol. The zero-order chi connectivity index (χ0) is 21.3. The van der Waals surface area contributed by atoms with Crippen molar-refractivity contribution in [2.75, 3.05) is 10.2 Å². The zero-order valence-electron chi connectivity index (χ0n) is 17.0. The van der Waals surface area contributed by atoms with Crippen molar-refractivity contribution in [1.82, 2.24) is 0 Å². The molecule has 0 fully saturated rings. The van der Waals surface area contributed by atoms with Crippen LogP contribution in [0.3, 0.4) is 0 Å². The minimum atomic E-state index is -0.0799. The molecule has 154 valence electrons. The first-order chi connectivity index (χ1) is 14.5. The third-order valence-electron chi connectivity index (χ3n) is 5.84. The second kappa shape index (κ2) is 8.71. The van der Waals surface area contributed by atoms with Gasteiger partial charge in [0.1, 0.15) is 0 Å². The summed E-state index contributed by atoms with van der Waals surface area (Å²) in [7, 11) is 0. The van der Waals surface area contributed by atoms with E-state index >= 15 is 0 Å². The Morgan fingerprint density at radius 3 is 2.27 bits per heavy atom. The molecule has 0 aromatic heterocycles. The number of halogens is 2. The Labute approximate surface area is 187 Å². The van der Waals surface area contributed by atoms with E-state index in [2.05, 4.69) is 37.4 Å². The molecule has 30 heavy (non-hydrogen) atoms. The summed E-state index contributed by atoms with van der Waals surface area (Å²) < 4.78 is 0. The van der Waals surface area contributed by atoms with Crippen LogP contribution in [0, 0.1) is 5.92 Å². The van der Waals surface area contributed by atoms with Gasteiger partial charge in [0, 0.05) is 38.9 Å². The quantitative estimate of drug-likeness (QED) is 0.465. The lowest BCUT2D eigenvalue weighted by Crippen LogP contribution is -2.50. The van der Waals surface area contributed by atoms with E-state index in [9.17, 15) is 4.79 Å². The SMILES string of the molecule is CC[C@@H]1[C@@H](C)[C@H](Nc2ccccc2)c2ccccc2N1C(=O)c1cc(Cl)cc(Cl)c1. The van der Waals surface area contributed by atoms with E-state index in [1.807, 2.05) is 41.3 Å². The van der Waals surface area contributed by atoms with E-state index < -0.39 is 0 Å². The molecule has 1 amide bonds. The van der Waals surface area contributed by atoms with Crippen LogP contribution in [0.1, 0.15) is 42.2 Å². The fraction of sp³-hybridized carbons (Fsp3) is 0.240. The highest BCUT2D eigenvalue weighted by atomic mass is 35.5. The lowest BCUT2D eigenvalue weighted by Gasteiger charge is -2.45. The maximum absolute atomic E-state index is 13.6. The molecule has 1 aliphatic rings. The molecule has 1 N–H and O–H groups in total. The van der Waals surface area contributed by atoms with Gasteiger partial charge in [-0.3, -0.25) is 4.79 Å². The summed E-state index contributed by atoms with van der Waals surface area (Å²) >= 11 is 12.4. The van der Waals surface area contributed by atoms with Crippen LogP contribution >= 0.6 is 23.2 Å². The summed E-state index contributed by atoms with van der Waals surface area (Å²) in [6, 6.07) is 23.5. The number of carbonyl (C=O) groups is 1. The Bertz CT molecular complexity index is 1030. The van der Waals surface area contributed by atoms with Gasteiger partial charge < -0.3 is 10.2 Å². The number of amides is 1. The Morgan fingerprint density at radius 1 is 0.967 bits per heavy atom. The molecule has 0 aliphatic carbocycles. The number of hydrogen-bond acceptors (Lipinski definition) is 2. The van der Waals surface area contributed by atoms with Gasteiger partial charge in [-0.2, -0.15) is 0 Å². The normalized spacial score (nSPS) is 20.5. The Balaban J connectivity index is 1.79. The molecule has 0 bridgehead atoms. The van der Waals surface area contributed by atoms with E-state index in [0.717, 1.165) is 23.4 Å². The Morgan fingerprint density at radius 2 is 1.60 bits per heavy atom.